The minimum atomic E-state index is 0.422. The molecule has 0 unspecified atom stereocenters. The highest BCUT2D eigenvalue weighted by molar-refractivity contribution is 9.09. The number of piperazine rings is 1. The molecule has 0 spiro atoms. The van der Waals surface area contributed by atoms with E-state index in [2.05, 4.69) is 49.5 Å². The topological polar surface area (TPSA) is 32.3 Å². The lowest BCUT2D eigenvalue weighted by Crippen LogP contribution is -2.50. The van der Waals surface area contributed by atoms with Crippen molar-refractivity contribution in [3.63, 3.8) is 0 Å². The summed E-state index contributed by atoms with van der Waals surface area (Å²) in [7, 11) is 0. The number of anilines is 1. The van der Waals surface area contributed by atoms with Crippen molar-refractivity contribution in [3.8, 4) is 0 Å². The van der Waals surface area contributed by atoms with E-state index < -0.39 is 0 Å². The van der Waals surface area contributed by atoms with Gasteiger partial charge in [-0.3, -0.25) is 4.90 Å². The number of aromatic nitrogens is 2. The molecule has 1 fully saturated rings. The number of hydrogen-bond donors (Lipinski definition) is 0. The highest BCUT2D eigenvalue weighted by Crippen LogP contribution is 2.30. The Hall–Kier alpha value is -0.680. The molecule has 112 valence electrons. The molecule has 2 rings (SSSR count). The third-order valence-corrected chi connectivity index (χ3v) is 5.74. The molecule has 0 radical (unpaired) electrons. The van der Waals surface area contributed by atoms with E-state index in [9.17, 15) is 0 Å². The van der Waals surface area contributed by atoms with Crippen molar-refractivity contribution in [3.05, 3.63) is 18.5 Å². The summed E-state index contributed by atoms with van der Waals surface area (Å²) in [4.78, 5) is 13.6. The molecule has 0 bridgehead atoms. The fraction of sp³-hybridized carbons (Fsp3) is 0.733. The Kier molecular flexibility index (Phi) is 5.78. The average molecular weight is 341 g/mol. The zero-order valence-electron chi connectivity index (χ0n) is 12.6. The summed E-state index contributed by atoms with van der Waals surface area (Å²) < 4.78 is 0. The van der Waals surface area contributed by atoms with Gasteiger partial charge in [-0.05, 0) is 24.3 Å². The molecular formula is C15H25BrN4. The molecule has 1 aliphatic rings. The smallest absolute Gasteiger partial charge is 0.225 e. The SMILES string of the molecule is CCC(CC)(CBr)CN1CCN(c2ncccn2)CC1. The van der Waals surface area contributed by atoms with Crippen LogP contribution in [-0.2, 0) is 0 Å². The van der Waals surface area contributed by atoms with Gasteiger partial charge in [0, 0.05) is 50.4 Å². The minimum Gasteiger partial charge on any atom is -0.338 e. The van der Waals surface area contributed by atoms with Gasteiger partial charge in [0.1, 0.15) is 0 Å². The van der Waals surface area contributed by atoms with Gasteiger partial charge in [0.05, 0.1) is 0 Å². The molecule has 0 atom stereocenters. The number of hydrogen-bond acceptors (Lipinski definition) is 4. The van der Waals surface area contributed by atoms with E-state index in [1.807, 2.05) is 18.5 Å². The molecule has 2 heterocycles. The summed E-state index contributed by atoms with van der Waals surface area (Å²) >= 11 is 3.71. The molecule has 0 saturated carbocycles. The quantitative estimate of drug-likeness (QED) is 0.745. The molecule has 0 aromatic carbocycles. The van der Waals surface area contributed by atoms with Gasteiger partial charge in [0.2, 0.25) is 5.95 Å². The van der Waals surface area contributed by atoms with Crippen molar-refractivity contribution in [2.24, 2.45) is 5.41 Å². The number of nitrogens with zero attached hydrogens (tertiary/aromatic N) is 4. The highest BCUT2D eigenvalue weighted by Gasteiger charge is 2.29. The second-order valence-corrected chi connectivity index (χ2v) is 6.21. The maximum Gasteiger partial charge on any atom is 0.225 e. The first-order valence-electron chi connectivity index (χ1n) is 7.53. The Balaban J connectivity index is 1.88. The predicted octanol–water partition coefficient (Wildman–Crippen LogP) is 2.80. The monoisotopic (exact) mass is 340 g/mol. The van der Waals surface area contributed by atoms with E-state index in [-0.39, 0.29) is 0 Å². The van der Waals surface area contributed by atoms with Crippen molar-refractivity contribution >= 4 is 21.9 Å². The van der Waals surface area contributed by atoms with Crippen molar-refractivity contribution in [2.45, 2.75) is 26.7 Å². The normalized spacial score (nSPS) is 17.4. The Labute approximate surface area is 130 Å². The fourth-order valence-electron chi connectivity index (χ4n) is 2.74. The van der Waals surface area contributed by atoms with E-state index in [0.29, 0.717) is 5.41 Å². The van der Waals surface area contributed by atoms with E-state index in [4.69, 9.17) is 0 Å². The second-order valence-electron chi connectivity index (χ2n) is 5.65. The Morgan fingerprint density at radius 1 is 1.10 bits per heavy atom. The first kappa shape index (κ1) is 15.7. The summed E-state index contributed by atoms with van der Waals surface area (Å²) in [6.45, 7) is 10.1. The van der Waals surface area contributed by atoms with Crippen molar-refractivity contribution in [1.29, 1.82) is 0 Å². The Bertz CT molecular complexity index is 378. The van der Waals surface area contributed by atoms with Crippen molar-refractivity contribution in [1.82, 2.24) is 14.9 Å². The third-order valence-electron chi connectivity index (χ3n) is 4.55. The second kappa shape index (κ2) is 7.36. The highest BCUT2D eigenvalue weighted by atomic mass is 79.9. The molecule has 1 aliphatic heterocycles. The summed E-state index contributed by atoms with van der Waals surface area (Å²) in [6.07, 6.45) is 6.10. The molecule has 20 heavy (non-hydrogen) atoms. The van der Waals surface area contributed by atoms with Crippen LogP contribution in [-0.4, -0.2) is 52.9 Å². The molecule has 4 nitrogen and oxygen atoms in total. The van der Waals surface area contributed by atoms with Crippen LogP contribution in [0.3, 0.4) is 0 Å². The van der Waals surface area contributed by atoms with E-state index in [0.717, 1.165) is 37.5 Å². The standard InChI is InChI=1S/C15H25BrN4/c1-3-15(4-2,12-16)13-19-8-10-20(11-9-19)14-17-6-5-7-18-14/h5-7H,3-4,8-13H2,1-2H3. The van der Waals surface area contributed by atoms with E-state index >= 15 is 0 Å². The third kappa shape index (κ3) is 3.70. The van der Waals surface area contributed by atoms with Crippen LogP contribution in [0.2, 0.25) is 0 Å². The first-order valence-corrected chi connectivity index (χ1v) is 8.65. The molecule has 0 aliphatic carbocycles. The van der Waals surface area contributed by atoms with Gasteiger partial charge in [-0.1, -0.05) is 29.8 Å². The van der Waals surface area contributed by atoms with Gasteiger partial charge >= 0.3 is 0 Å². The lowest BCUT2D eigenvalue weighted by atomic mass is 9.84. The van der Waals surface area contributed by atoms with Crippen molar-refractivity contribution in [2.75, 3.05) is 43.0 Å². The van der Waals surface area contributed by atoms with Crippen LogP contribution in [0.1, 0.15) is 26.7 Å². The zero-order chi connectivity index (χ0) is 14.4. The average Bonchev–Trinajstić information content (AvgIpc) is 2.54. The number of alkyl halides is 1. The molecular weight excluding hydrogens is 316 g/mol. The van der Waals surface area contributed by atoms with Gasteiger partial charge in [-0.2, -0.15) is 0 Å². The van der Waals surface area contributed by atoms with Crippen molar-refractivity contribution < 1.29 is 0 Å². The molecule has 1 aromatic rings. The molecule has 0 N–H and O–H groups in total. The van der Waals surface area contributed by atoms with Crippen LogP contribution < -0.4 is 4.90 Å². The van der Waals surface area contributed by atoms with Gasteiger partial charge in [-0.25, -0.2) is 9.97 Å². The zero-order valence-corrected chi connectivity index (χ0v) is 14.1. The molecule has 0 amide bonds. The fourth-order valence-corrected chi connectivity index (χ4v) is 3.71. The molecule has 1 aromatic heterocycles. The predicted molar refractivity (Wildman–Crippen MR) is 87.5 cm³/mol. The lowest BCUT2D eigenvalue weighted by Gasteiger charge is -2.40. The number of rotatable bonds is 6. The van der Waals surface area contributed by atoms with Crippen LogP contribution >= 0.6 is 15.9 Å². The van der Waals surface area contributed by atoms with Crippen LogP contribution in [0.15, 0.2) is 18.5 Å². The van der Waals surface area contributed by atoms with Gasteiger partial charge < -0.3 is 4.90 Å². The van der Waals surface area contributed by atoms with Gasteiger partial charge in [0.15, 0.2) is 0 Å². The van der Waals surface area contributed by atoms with Crippen LogP contribution in [0, 0.1) is 5.41 Å². The Morgan fingerprint density at radius 3 is 2.20 bits per heavy atom. The maximum absolute atomic E-state index is 4.34. The van der Waals surface area contributed by atoms with Crippen LogP contribution in [0.4, 0.5) is 5.95 Å². The molecule has 1 saturated heterocycles. The first-order chi connectivity index (χ1) is 9.73. The largest absolute Gasteiger partial charge is 0.338 e. The maximum atomic E-state index is 4.34. The summed E-state index contributed by atoms with van der Waals surface area (Å²) in [5, 5.41) is 1.09. The van der Waals surface area contributed by atoms with E-state index in [1.54, 1.807) is 0 Å². The lowest BCUT2D eigenvalue weighted by molar-refractivity contribution is 0.151. The van der Waals surface area contributed by atoms with Gasteiger partial charge in [-0.15, -0.1) is 0 Å². The summed E-state index contributed by atoms with van der Waals surface area (Å²) in [6, 6.07) is 1.87. The van der Waals surface area contributed by atoms with Crippen LogP contribution in [0.25, 0.3) is 0 Å². The summed E-state index contributed by atoms with van der Waals surface area (Å²) in [5.74, 6) is 0.866. The van der Waals surface area contributed by atoms with E-state index in [1.165, 1.54) is 19.4 Å². The Morgan fingerprint density at radius 2 is 1.70 bits per heavy atom. The summed E-state index contributed by atoms with van der Waals surface area (Å²) in [5.41, 5.74) is 0.422. The van der Waals surface area contributed by atoms with Gasteiger partial charge in [0.25, 0.3) is 0 Å². The van der Waals surface area contributed by atoms with Crippen LogP contribution in [0.5, 0.6) is 0 Å². The minimum absolute atomic E-state index is 0.422. The number of halogens is 1. The molecule has 5 heteroatoms.